The molecule has 84 valence electrons. The number of hydrogen-bond donors (Lipinski definition) is 0. The average molecular weight is 218 g/mol. The fourth-order valence-corrected chi connectivity index (χ4v) is 3.20. The molecule has 0 aromatic heterocycles. The van der Waals surface area contributed by atoms with Gasteiger partial charge >= 0.3 is 0 Å². The number of ketones is 1. The van der Waals surface area contributed by atoms with Crippen LogP contribution in [-0.4, -0.2) is 5.78 Å². The highest BCUT2D eigenvalue weighted by atomic mass is 19.1. The zero-order chi connectivity index (χ0) is 11.3. The molecular weight excluding hydrogens is 203 g/mol. The molecule has 2 unspecified atom stereocenters. The van der Waals surface area contributed by atoms with Crippen LogP contribution in [0.3, 0.4) is 0 Å². The Morgan fingerprint density at radius 3 is 2.62 bits per heavy atom. The summed E-state index contributed by atoms with van der Waals surface area (Å²) in [7, 11) is 0. The molecule has 0 saturated heterocycles. The van der Waals surface area contributed by atoms with Crippen LogP contribution in [0, 0.1) is 30.5 Å². The van der Waals surface area contributed by atoms with Gasteiger partial charge in [0.15, 0.2) is 5.78 Å². The van der Waals surface area contributed by atoms with Gasteiger partial charge in [0, 0.05) is 11.5 Å². The van der Waals surface area contributed by atoms with E-state index in [1.54, 1.807) is 19.1 Å². The van der Waals surface area contributed by atoms with Gasteiger partial charge in [-0.05, 0) is 55.4 Å². The van der Waals surface area contributed by atoms with Crippen LogP contribution < -0.4 is 0 Å². The van der Waals surface area contributed by atoms with Crippen molar-refractivity contribution in [2.75, 3.05) is 0 Å². The summed E-state index contributed by atoms with van der Waals surface area (Å²) in [5, 5.41) is 0. The van der Waals surface area contributed by atoms with Crippen molar-refractivity contribution in [2.24, 2.45) is 17.8 Å². The third kappa shape index (κ3) is 1.40. The van der Waals surface area contributed by atoms with Crippen molar-refractivity contribution in [1.82, 2.24) is 0 Å². The fraction of sp³-hybridized carbons (Fsp3) is 0.500. The number of aryl methyl sites for hydroxylation is 1. The minimum absolute atomic E-state index is 0.229. The first kappa shape index (κ1) is 10.0. The van der Waals surface area contributed by atoms with E-state index in [-0.39, 0.29) is 17.5 Å². The van der Waals surface area contributed by atoms with Gasteiger partial charge in [-0.1, -0.05) is 6.42 Å². The van der Waals surface area contributed by atoms with Gasteiger partial charge in [-0.25, -0.2) is 4.39 Å². The van der Waals surface area contributed by atoms with E-state index in [4.69, 9.17) is 0 Å². The van der Waals surface area contributed by atoms with Gasteiger partial charge in [-0.15, -0.1) is 0 Å². The van der Waals surface area contributed by atoms with Gasteiger partial charge in [0.1, 0.15) is 5.82 Å². The lowest BCUT2D eigenvalue weighted by Crippen LogP contribution is -2.06. The highest BCUT2D eigenvalue weighted by Crippen LogP contribution is 2.58. The highest BCUT2D eigenvalue weighted by Gasteiger charge is 2.56. The minimum atomic E-state index is -0.229. The highest BCUT2D eigenvalue weighted by molar-refractivity contribution is 6.00. The lowest BCUT2D eigenvalue weighted by Gasteiger charge is -2.04. The molecule has 2 aliphatic carbocycles. The van der Waals surface area contributed by atoms with E-state index in [9.17, 15) is 9.18 Å². The Morgan fingerprint density at radius 2 is 2.00 bits per heavy atom. The standard InChI is InChI=1S/C14H15FO/c1-8-7-9(5-6-12(8)15)14(16)13-10-3-2-4-11(10)13/h5-7,10-11,13H,2-4H2,1H3. The maximum Gasteiger partial charge on any atom is 0.166 e. The van der Waals surface area contributed by atoms with Crippen LogP contribution in [0.4, 0.5) is 4.39 Å². The van der Waals surface area contributed by atoms with Gasteiger partial charge in [0.2, 0.25) is 0 Å². The molecule has 1 nitrogen and oxygen atoms in total. The summed E-state index contributed by atoms with van der Waals surface area (Å²) in [6, 6.07) is 4.71. The summed E-state index contributed by atoms with van der Waals surface area (Å²) >= 11 is 0. The molecule has 0 radical (unpaired) electrons. The first-order valence-electron chi connectivity index (χ1n) is 5.99. The van der Waals surface area contributed by atoms with Crippen molar-refractivity contribution >= 4 is 5.78 Å². The molecule has 1 aromatic carbocycles. The topological polar surface area (TPSA) is 17.1 Å². The van der Waals surface area contributed by atoms with E-state index < -0.39 is 0 Å². The molecule has 2 saturated carbocycles. The van der Waals surface area contributed by atoms with Gasteiger partial charge in [0.05, 0.1) is 0 Å². The predicted molar refractivity (Wildman–Crippen MR) is 59.8 cm³/mol. The summed E-state index contributed by atoms with van der Waals surface area (Å²) in [6.45, 7) is 1.71. The second-order valence-electron chi connectivity index (χ2n) is 5.11. The maximum atomic E-state index is 13.1. The molecule has 0 amide bonds. The van der Waals surface area contributed by atoms with Gasteiger partial charge in [-0.3, -0.25) is 4.79 Å². The Labute approximate surface area is 94.7 Å². The summed E-state index contributed by atoms with van der Waals surface area (Å²) < 4.78 is 13.1. The van der Waals surface area contributed by atoms with Crippen molar-refractivity contribution in [1.29, 1.82) is 0 Å². The van der Waals surface area contributed by atoms with Gasteiger partial charge in [0.25, 0.3) is 0 Å². The van der Waals surface area contributed by atoms with E-state index in [0.717, 1.165) is 0 Å². The molecule has 2 atom stereocenters. The predicted octanol–water partition coefficient (Wildman–Crippen LogP) is 3.36. The Hall–Kier alpha value is -1.18. The third-order valence-corrected chi connectivity index (χ3v) is 4.15. The summed E-state index contributed by atoms with van der Waals surface area (Å²) in [6.07, 6.45) is 3.70. The second kappa shape index (κ2) is 3.41. The largest absolute Gasteiger partial charge is 0.294 e. The van der Waals surface area contributed by atoms with Crippen molar-refractivity contribution in [3.8, 4) is 0 Å². The first-order chi connectivity index (χ1) is 7.68. The van der Waals surface area contributed by atoms with Crippen LogP contribution in [-0.2, 0) is 0 Å². The van der Waals surface area contributed by atoms with Crippen LogP contribution in [0.1, 0.15) is 35.2 Å². The summed E-state index contributed by atoms with van der Waals surface area (Å²) in [5.41, 5.74) is 1.26. The van der Waals surface area contributed by atoms with E-state index in [0.29, 0.717) is 23.0 Å². The van der Waals surface area contributed by atoms with Gasteiger partial charge < -0.3 is 0 Å². The lowest BCUT2D eigenvalue weighted by molar-refractivity contribution is 0.0951. The lowest BCUT2D eigenvalue weighted by atomic mass is 10.00. The van der Waals surface area contributed by atoms with Crippen LogP contribution in [0.25, 0.3) is 0 Å². The first-order valence-corrected chi connectivity index (χ1v) is 5.99. The number of benzene rings is 1. The molecule has 1 aromatic rings. The Morgan fingerprint density at radius 1 is 1.31 bits per heavy atom. The van der Waals surface area contributed by atoms with E-state index >= 15 is 0 Å². The van der Waals surface area contributed by atoms with E-state index in [2.05, 4.69) is 0 Å². The summed E-state index contributed by atoms with van der Waals surface area (Å²) in [4.78, 5) is 12.2. The zero-order valence-corrected chi connectivity index (χ0v) is 9.37. The number of carbonyl (C=O) groups excluding carboxylic acids is 1. The smallest absolute Gasteiger partial charge is 0.166 e. The van der Waals surface area contributed by atoms with Crippen LogP contribution in [0.5, 0.6) is 0 Å². The Balaban J connectivity index is 1.82. The number of halogens is 1. The van der Waals surface area contributed by atoms with Crippen molar-refractivity contribution in [2.45, 2.75) is 26.2 Å². The zero-order valence-electron chi connectivity index (χ0n) is 9.37. The fourth-order valence-electron chi connectivity index (χ4n) is 3.20. The van der Waals surface area contributed by atoms with Gasteiger partial charge in [-0.2, -0.15) is 0 Å². The second-order valence-corrected chi connectivity index (χ2v) is 5.11. The number of rotatable bonds is 2. The number of carbonyl (C=O) groups is 1. The molecule has 0 N–H and O–H groups in total. The number of hydrogen-bond acceptors (Lipinski definition) is 1. The molecule has 0 aliphatic heterocycles. The number of Topliss-reactive ketones (excluding diaryl/α,β-unsaturated/α-hetero) is 1. The SMILES string of the molecule is Cc1cc(C(=O)C2C3CCCC32)ccc1F. The minimum Gasteiger partial charge on any atom is -0.294 e. The summed E-state index contributed by atoms with van der Waals surface area (Å²) in [5.74, 6) is 1.53. The van der Waals surface area contributed by atoms with Crippen LogP contribution in [0.2, 0.25) is 0 Å². The van der Waals surface area contributed by atoms with Crippen LogP contribution in [0.15, 0.2) is 18.2 Å². The molecule has 16 heavy (non-hydrogen) atoms. The normalized spacial score (nSPS) is 31.2. The van der Waals surface area contributed by atoms with Crippen LogP contribution >= 0.6 is 0 Å². The average Bonchev–Trinajstić information content (AvgIpc) is 2.74. The monoisotopic (exact) mass is 218 g/mol. The number of fused-ring (bicyclic) bond motifs is 1. The maximum absolute atomic E-state index is 13.1. The third-order valence-electron chi connectivity index (χ3n) is 4.15. The van der Waals surface area contributed by atoms with E-state index in [1.165, 1.54) is 25.3 Å². The Bertz CT molecular complexity index is 442. The molecule has 2 heteroatoms. The molecule has 2 aliphatic rings. The quantitative estimate of drug-likeness (QED) is 0.695. The van der Waals surface area contributed by atoms with Crippen molar-refractivity contribution < 1.29 is 9.18 Å². The molecule has 0 heterocycles. The van der Waals surface area contributed by atoms with Crippen molar-refractivity contribution in [3.63, 3.8) is 0 Å². The molecule has 0 bridgehead atoms. The van der Waals surface area contributed by atoms with E-state index in [1.807, 2.05) is 0 Å². The molecule has 2 fully saturated rings. The van der Waals surface area contributed by atoms with Crippen molar-refractivity contribution in [3.05, 3.63) is 35.1 Å². The molecular formula is C14H15FO. The molecule has 0 spiro atoms. The molecule has 3 rings (SSSR count). The Kier molecular flexibility index (Phi) is 2.13.